The van der Waals surface area contributed by atoms with Crippen molar-refractivity contribution in [2.45, 2.75) is 44.1 Å². The van der Waals surface area contributed by atoms with E-state index in [-0.39, 0.29) is 41.3 Å². The van der Waals surface area contributed by atoms with E-state index in [4.69, 9.17) is 4.74 Å². The minimum atomic E-state index is -0.192. The first kappa shape index (κ1) is 25.7. The predicted octanol–water partition coefficient (Wildman–Crippen LogP) is 5.02. The highest BCUT2D eigenvalue weighted by Gasteiger charge is 2.35. The van der Waals surface area contributed by atoms with Gasteiger partial charge in [0.25, 0.3) is 0 Å². The lowest BCUT2D eigenvalue weighted by Crippen LogP contribution is -2.48. The van der Waals surface area contributed by atoms with Crippen LogP contribution >= 0.6 is 24.0 Å². The molecule has 0 amide bonds. The van der Waals surface area contributed by atoms with E-state index in [9.17, 15) is 4.39 Å². The summed E-state index contributed by atoms with van der Waals surface area (Å²) >= 11 is 0. The molecule has 2 aliphatic rings. The quantitative estimate of drug-likeness (QED) is 0.293. The third-order valence-corrected chi connectivity index (χ3v) is 6.90. The fourth-order valence-corrected chi connectivity index (χ4v) is 4.85. The van der Waals surface area contributed by atoms with E-state index in [1.165, 1.54) is 30.2 Å². The third-order valence-electron chi connectivity index (χ3n) is 6.90. The van der Waals surface area contributed by atoms with Gasteiger partial charge in [-0.2, -0.15) is 0 Å². The zero-order chi connectivity index (χ0) is 22.4. The van der Waals surface area contributed by atoms with E-state index >= 15 is 0 Å². The minimum Gasteiger partial charge on any atom is -0.381 e. The number of hydrogen-bond acceptors (Lipinski definition) is 3. The van der Waals surface area contributed by atoms with Gasteiger partial charge in [0.05, 0.1) is 6.04 Å². The summed E-state index contributed by atoms with van der Waals surface area (Å²) < 4.78 is 19.6. The van der Waals surface area contributed by atoms with E-state index < -0.39 is 0 Å². The number of aliphatic imine (C=N–C) groups is 1. The molecule has 0 aromatic heterocycles. The van der Waals surface area contributed by atoms with Crippen LogP contribution in [0, 0.1) is 5.82 Å². The zero-order valence-corrected chi connectivity index (χ0v) is 22.0. The maximum absolute atomic E-state index is 14.0. The summed E-state index contributed by atoms with van der Waals surface area (Å²) in [6, 6.07) is 15.9. The summed E-state index contributed by atoms with van der Waals surface area (Å²) in [5.74, 6) is 0.564. The van der Waals surface area contributed by atoms with Crippen LogP contribution in [-0.2, 0) is 10.2 Å². The van der Waals surface area contributed by atoms with Crippen LogP contribution in [0.2, 0.25) is 0 Å². The van der Waals surface area contributed by atoms with E-state index in [2.05, 4.69) is 51.7 Å². The molecule has 2 heterocycles. The summed E-state index contributed by atoms with van der Waals surface area (Å²) in [6.07, 6.45) is 4.25. The first-order valence-electron chi connectivity index (χ1n) is 11.8. The second-order valence-electron chi connectivity index (χ2n) is 8.98. The highest BCUT2D eigenvalue weighted by molar-refractivity contribution is 14.0. The molecule has 2 aromatic rings. The molecule has 4 rings (SSSR count). The van der Waals surface area contributed by atoms with Crippen molar-refractivity contribution in [1.82, 2.24) is 10.6 Å². The number of anilines is 1. The van der Waals surface area contributed by atoms with Gasteiger partial charge in [-0.1, -0.05) is 24.3 Å². The van der Waals surface area contributed by atoms with Crippen LogP contribution in [-0.4, -0.2) is 45.9 Å². The lowest BCUT2D eigenvalue weighted by atomic mass is 9.74. The van der Waals surface area contributed by atoms with Crippen LogP contribution in [0.25, 0.3) is 0 Å². The van der Waals surface area contributed by atoms with Crippen molar-refractivity contribution in [3.8, 4) is 0 Å². The van der Waals surface area contributed by atoms with Gasteiger partial charge in [-0.05, 0) is 68.0 Å². The van der Waals surface area contributed by atoms with Crippen molar-refractivity contribution < 1.29 is 9.13 Å². The Bertz CT molecular complexity index is 926. The van der Waals surface area contributed by atoms with Gasteiger partial charge in [0, 0.05) is 51.0 Å². The van der Waals surface area contributed by atoms with Crippen molar-refractivity contribution in [3.05, 3.63) is 65.5 Å². The molecule has 2 aromatic carbocycles. The van der Waals surface area contributed by atoms with Gasteiger partial charge >= 0.3 is 0 Å². The largest absolute Gasteiger partial charge is 0.381 e. The SMILES string of the molecule is CN=C(NCC1(c2cccc(F)c2)CCOCC1)NC(C)c1cccc(N2CCCC2)c1.I. The number of halogens is 2. The summed E-state index contributed by atoms with van der Waals surface area (Å²) in [6.45, 7) is 6.49. The van der Waals surface area contributed by atoms with Crippen molar-refractivity contribution in [3.63, 3.8) is 0 Å². The molecule has 0 aliphatic carbocycles. The van der Waals surface area contributed by atoms with Gasteiger partial charge in [0.1, 0.15) is 5.82 Å². The smallest absolute Gasteiger partial charge is 0.191 e. The van der Waals surface area contributed by atoms with Crippen molar-refractivity contribution in [1.29, 1.82) is 0 Å². The Morgan fingerprint density at radius 3 is 2.55 bits per heavy atom. The standard InChI is InChI=1S/C26H35FN4O.HI/c1-20(21-7-5-10-24(17-21)31-13-3-4-14-31)30-25(28-2)29-19-26(11-15-32-16-12-26)22-8-6-9-23(27)18-22;/h5-10,17-18,20H,3-4,11-16,19H2,1-2H3,(H2,28,29,30);1H. The normalized spacial score (nSPS) is 19.0. The van der Waals surface area contributed by atoms with Crippen LogP contribution in [0.4, 0.5) is 10.1 Å². The maximum Gasteiger partial charge on any atom is 0.191 e. The maximum atomic E-state index is 14.0. The minimum absolute atomic E-state index is 0. The fraction of sp³-hybridized carbons (Fsp3) is 0.500. The van der Waals surface area contributed by atoms with Crippen molar-refractivity contribution in [2.75, 3.05) is 44.8 Å². The van der Waals surface area contributed by atoms with Gasteiger partial charge in [0.15, 0.2) is 5.96 Å². The molecule has 1 atom stereocenters. The van der Waals surface area contributed by atoms with Crippen molar-refractivity contribution >= 4 is 35.6 Å². The second-order valence-corrected chi connectivity index (χ2v) is 8.98. The highest BCUT2D eigenvalue weighted by atomic mass is 127. The number of nitrogens with zero attached hydrogens (tertiary/aromatic N) is 2. The Labute approximate surface area is 214 Å². The number of guanidine groups is 1. The first-order chi connectivity index (χ1) is 15.6. The molecule has 2 N–H and O–H groups in total. The van der Waals surface area contributed by atoms with Gasteiger partial charge in [-0.3, -0.25) is 4.99 Å². The number of nitrogens with one attached hydrogen (secondary N) is 2. The predicted molar refractivity (Wildman–Crippen MR) is 144 cm³/mol. The van der Waals surface area contributed by atoms with E-state index in [0.29, 0.717) is 19.8 Å². The van der Waals surface area contributed by atoms with E-state index in [1.54, 1.807) is 19.2 Å². The Balaban J connectivity index is 0.00000306. The average molecular weight is 567 g/mol. The lowest BCUT2D eigenvalue weighted by molar-refractivity contribution is 0.0512. The molecule has 33 heavy (non-hydrogen) atoms. The lowest BCUT2D eigenvalue weighted by Gasteiger charge is -2.38. The van der Waals surface area contributed by atoms with Crippen LogP contribution in [0.1, 0.15) is 49.8 Å². The summed E-state index contributed by atoms with van der Waals surface area (Å²) in [5.41, 5.74) is 3.39. The third kappa shape index (κ3) is 6.38. The first-order valence-corrected chi connectivity index (χ1v) is 11.8. The molecule has 2 saturated heterocycles. The molecule has 0 bridgehead atoms. The van der Waals surface area contributed by atoms with Gasteiger partial charge in [-0.25, -0.2) is 4.39 Å². The van der Waals surface area contributed by atoms with Crippen molar-refractivity contribution in [2.24, 2.45) is 4.99 Å². The molecular weight excluding hydrogens is 530 g/mol. The molecule has 7 heteroatoms. The Morgan fingerprint density at radius 2 is 1.85 bits per heavy atom. The van der Waals surface area contributed by atoms with E-state index in [1.807, 2.05) is 6.07 Å². The molecule has 0 radical (unpaired) electrons. The zero-order valence-electron chi connectivity index (χ0n) is 19.6. The Hall–Kier alpha value is -1.87. The monoisotopic (exact) mass is 566 g/mol. The van der Waals surface area contributed by atoms with Crippen LogP contribution in [0.3, 0.4) is 0 Å². The highest BCUT2D eigenvalue weighted by Crippen LogP contribution is 2.34. The van der Waals surface area contributed by atoms with Crippen LogP contribution in [0.5, 0.6) is 0 Å². The summed E-state index contributed by atoms with van der Waals surface area (Å²) in [4.78, 5) is 6.91. The molecule has 0 spiro atoms. The average Bonchev–Trinajstić information content (AvgIpc) is 3.37. The number of benzene rings is 2. The second kappa shape index (κ2) is 12.0. The summed E-state index contributed by atoms with van der Waals surface area (Å²) in [7, 11) is 1.79. The summed E-state index contributed by atoms with van der Waals surface area (Å²) in [5, 5.41) is 7.05. The van der Waals surface area contributed by atoms with Gasteiger partial charge in [-0.15, -0.1) is 24.0 Å². The molecule has 2 fully saturated rings. The fourth-order valence-electron chi connectivity index (χ4n) is 4.85. The molecule has 0 saturated carbocycles. The topological polar surface area (TPSA) is 48.9 Å². The number of rotatable bonds is 6. The van der Waals surface area contributed by atoms with Crippen LogP contribution in [0.15, 0.2) is 53.5 Å². The molecule has 2 aliphatic heterocycles. The van der Waals surface area contributed by atoms with Crippen LogP contribution < -0.4 is 15.5 Å². The molecule has 180 valence electrons. The Kier molecular flexibility index (Phi) is 9.37. The number of hydrogen-bond donors (Lipinski definition) is 2. The molecule has 5 nitrogen and oxygen atoms in total. The molecule has 1 unspecified atom stereocenters. The van der Waals surface area contributed by atoms with Gasteiger partial charge in [0.2, 0.25) is 0 Å². The number of ether oxygens (including phenoxy) is 1. The Morgan fingerprint density at radius 1 is 1.12 bits per heavy atom. The van der Waals surface area contributed by atoms with E-state index in [0.717, 1.165) is 37.5 Å². The molecular formula is C26H36FIN4O. The van der Waals surface area contributed by atoms with Gasteiger partial charge < -0.3 is 20.3 Å².